The van der Waals surface area contributed by atoms with Crippen molar-refractivity contribution in [2.75, 3.05) is 12.4 Å². The lowest BCUT2D eigenvalue weighted by molar-refractivity contribution is 0.309. The van der Waals surface area contributed by atoms with E-state index in [-0.39, 0.29) is 36.0 Å². The number of aromatic nitrogens is 4. The molecule has 0 saturated heterocycles. The number of thiazole rings is 2. The van der Waals surface area contributed by atoms with Gasteiger partial charge in [-0.25, -0.2) is 14.8 Å². The SMILES string of the molecule is [C-]#[N+]/C(c1nc2ccccc2s1)=c1\c2c(C(C)C)n(B3Oc4ccccc4O3)/c(=C(/C#N)c3nc4ccccc4s3)c2c(-c2cccc(OCCCCS(=O)(=O)O)c2)n1B1Oc2ccccc2O1. The van der Waals surface area contributed by atoms with Gasteiger partial charge < -0.3 is 32.3 Å². The Labute approximate surface area is 398 Å². The third-order valence-electron chi connectivity index (χ3n) is 11.6. The average Bonchev–Trinajstić information content (AvgIpc) is 4.19. The number of ether oxygens (including phenoxy) is 1. The van der Waals surface area contributed by atoms with Crippen LogP contribution in [0.5, 0.6) is 28.7 Å². The molecule has 0 aliphatic carbocycles. The van der Waals surface area contributed by atoms with Crippen LogP contribution in [-0.4, -0.2) is 58.8 Å². The lowest BCUT2D eigenvalue weighted by atomic mass is 10.0. The zero-order valence-electron chi connectivity index (χ0n) is 36.3. The molecular weight excluding hydrogens is 918 g/mol. The number of benzene rings is 5. The van der Waals surface area contributed by atoms with Crippen molar-refractivity contribution in [1.29, 1.82) is 5.26 Å². The molecule has 14 nitrogen and oxygen atoms in total. The molecular formula is C49H36B2N6O8S3. The molecule has 6 heterocycles. The van der Waals surface area contributed by atoms with Crippen molar-refractivity contribution in [2.45, 2.75) is 32.6 Å². The monoisotopic (exact) mass is 954 g/mol. The number of rotatable bonds is 12. The van der Waals surface area contributed by atoms with Crippen LogP contribution in [0.1, 0.15) is 48.3 Å². The second kappa shape index (κ2) is 17.3. The van der Waals surface area contributed by atoms with E-state index < -0.39 is 24.6 Å². The molecule has 0 saturated carbocycles. The van der Waals surface area contributed by atoms with Gasteiger partial charge in [-0.1, -0.05) is 74.5 Å². The van der Waals surface area contributed by atoms with Gasteiger partial charge in [-0.15, -0.1) is 22.7 Å². The third kappa shape index (κ3) is 7.59. The van der Waals surface area contributed by atoms with Crippen LogP contribution < -0.4 is 34.1 Å². The van der Waals surface area contributed by atoms with Gasteiger partial charge in [-0.2, -0.15) is 13.7 Å². The van der Waals surface area contributed by atoms with Crippen LogP contribution in [0.25, 0.3) is 58.6 Å². The minimum absolute atomic E-state index is 0.165. The van der Waals surface area contributed by atoms with Gasteiger partial charge in [-0.3, -0.25) is 4.55 Å². The molecule has 0 amide bonds. The van der Waals surface area contributed by atoms with Crippen LogP contribution in [0.2, 0.25) is 0 Å². The molecule has 334 valence electrons. The highest BCUT2D eigenvalue weighted by Gasteiger charge is 2.45. The van der Waals surface area contributed by atoms with Gasteiger partial charge in [0.1, 0.15) is 50.4 Å². The number of fused-ring (bicyclic) bond motifs is 5. The molecule has 0 spiro atoms. The summed E-state index contributed by atoms with van der Waals surface area (Å²) in [5, 5.41) is 14.6. The molecule has 9 aromatic rings. The van der Waals surface area contributed by atoms with Crippen LogP contribution >= 0.6 is 22.7 Å². The second-order valence-corrected chi connectivity index (χ2v) is 20.0. The van der Waals surface area contributed by atoms with Gasteiger partial charge in [0.25, 0.3) is 10.1 Å². The van der Waals surface area contributed by atoms with Crippen molar-refractivity contribution >= 4 is 89.8 Å². The fraction of sp³-hybridized carbons (Fsp3) is 0.143. The van der Waals surface area contributed by atoms with E-state index in [2.05, 4.69) is 10.9 Å². The van der Waals surface area contributed by atoms with E-state index in [1.807, 2.05) is 138 Å². The van der Waals surface area contributed by atoms with Gasteiger partial charge in [0.2, 0.25) is 5.70 Å². The number of hydrogen-bond acceptors (Lipinski definition) is 12. The summed E-state index contributed by atoms with van der Waals surface area (Å²) in [4.78, 5) is 14.4. The van der Waals surface area contributed by atoms with Crippen LogP contribution in [0, 0.1) is 17.9 Å². The van der Waals surface area contributed by atoms with E-state index in [9.17, 15) is 18.2 Å². The first kappa shape index (κ1) is 43.1. The molecule has 0 bridgehead atoms. The fourth-order valence-corrected chi connectivity index (χ4v) is 11.3. The summed E-state index contributed by atoms with van der Waals surface area (Å²) in [7, 11) is -6.40. The predicted octanol–water partition coefficient (Wildman–Crippen LogP) is 8.91. The molecule has 68 heavy (non-hydrogen) atoms. The minimum Gasteiger partial charge on any atom is -0.503 e. The summed E-state index contributed by atoms with van der Waals surface area (Å²) >= 11 is 2.78. The normalized spacial score (nSPS) is 14.0. The van der Waals surface area contributed by atoms with Gasteiger partial charge in [0, 0.05) is 22.0 Å². The first-order valence-corrected chi connectivity index (χ1v) is 24.9. The van der Waals surface area contributed by atoms with Crippen molar-refractivity contribution in [2.24, 2.45) is 0 Å². The van der Waals surface area contributed by atoms with Crippen molar-refractivity contribution in [3.63, 3.8) is 0 Å². The Morgan fingerprint density at radius 2 is 1.32 bits per heavy atom. The summed E-state index contributed by atoms with van der Waals surface area (Å²) in [5.74, 6) is 1.84. The summed E-state index contributed by atoms with van der Waals surface area (Å²) in [5.41, 5.74) is 3.74. The Morgan fingerprint density at radius 3 is 1.88 bits per heavy atom. The van der Waals surface area contributed by atoms with E-state index in [1.54, 1.807) is 6.07 Å². The van der Waals surface area contributed by atoms with Gasteiger partial charge in [0.05, 0.1) is 55.8 Å². The Bertz CT molecular complexity index is 3620. The number of unbranched alkanes of at least 4 members (excludes halogenated alkanes) is 1. The molecule has 1 N–H and O–H groups in total. The minimum atomic E-state index is -4.13. The van der Waals surface area contributed by atoms with E-state index in [0.717, 1.165) is 20.4 Å². The molecule has 11 rings (SSSR count). The van der Waals surface area contributed by atoms with Crippen molar-refractivity contribution in [3.8, 4) is 46.1 Å². The molecule has 2 aliphatic rings. The zero-order valence-corrected chi connectivity index (χ0v) is 38.8. The van der Waals surface area contributed by atoms with Crippen molar-refractivity contribution < 1.29 is 36.3 Å². The maximum atomic E-state index is 11.6. The fourth-order valence-electron chi connectivity index (χ4n) is 8.84. The number of hydrogen-bond donors (Lipinski definition) is 1. The number of nitriles is 1. The van der Waals surface area contributed by atoms with E-state index >= 15 is 0 Å². The van der Waals surface area contributed by atoms with Crippen molar-refractivity contribution in [3.05, 3.63) is 159 Å². The molecule has 2 aliphatic heterocycles. The summed E-state index contributed by atoms with van der Waals surface area (Å²) in [6.07, 6.45) is 0.561. The highest BCUT2D eigenvalue weighted by molar-refractivity contribution is 7.85. The summed E-state index contributed by atoms with van der Waals surface area (Å²) in [6.45, 7) is 13.3. The van der Waals surface area contributed by atoms with Crippen LogP contribution in [0.15, 0.2) is 121 Å². The van der Waals surface area contributed by atoms with Crippen molar-refractivity contribution in [1.82, 2.24) is 18.9 Å². The quantitative estimate of drug-likeness (QED) is 0.0538. The van der Waals surface area contributed by atoms with Gasteiger partial charge >= 0.3 is 14.5 Å². The van der Waals surface area contributed by atoms with E-state index in [4.69, 9.17) is 39.9 Å². The summed E-state index contributed by atoms with van der Waals surface area (Å²) < 4.78 is 70.9. The largest absolute Gasteiger partial charge is 0.743 e. The predicted molar refractivity (Wildman–Crippen MR) is 264 cm³/mol. The van der Waals surface area contributed by atoms with Crippen LogP contribution in [0.3, 0.4) is 0 Å². The smallest absolute Gasteiger partial charge is 0.503 e. The molecule has 5 aromatic carbocycles. The Balaban J connectivity index is 1.31. The second-order valence-electron chi connectivity index (χ2n) is 16.3. The van der Waals surface area contributed by atoms with Gasteiger partial charge in [-0.05, 0) is 79.4 Å². The molecule has 19 heteroatoms. The lowest BCUT2D eigenvalue weighted by Crippen LogP contribution is -2.45. The average molecular weight is 955 g/mol. The molecule has 4 aromatic heterocycles. The topological polar surface area (TPSA) is 164 Å². The Kier molecular flexibility index (Phi) is 10.9. The first-order chi connectivity index (χ1) is 33.1. The molecule has 0 fully saturated rings. The maximum absolute atomic E-state index is 11.6. The van der Waals surface area contributed by atoms with Gasteiger partial charge in [0.15, 0.2) is 0 Å². The molecule has 0 unspecified atom stereocenters. The Hall–Kier alpha value is -7.54. The maximum Gasteiger partial charge on any atom is 0.743 e. The molecule has 0 radical (unpaired) electrons. The zero-order chi connectivity index (χ0) is 46.7. The number of nitrogens with zero attached hydrogens (tertiary/aromatic N) is 6. The first-order valence-electron chi connectivity index (χ1n) is 21.7. The third-order valence-corrected chi connectivity index (χ3v) is 14.5. The lowest BCUT2D eigenvalue weighted by Gasteiger charge is -2.18. The van der Waals surface area contributed by atoms with E-state index in [1.165, 1.54) is 22.7 Å². The number of para-hydroxylation sites is 6. The highest BCUT2D eigenvalue weighted by atomic mass is 32.2. The Morgan fingerprint density at radius 1 is 0.765 bits per heavy atom. The van der Waals surface area contributed by atoms with Crippen LogP contribution in [-0.2, 0) is 10.1 Å². The summed E-state index contributed by atoms with van der Waals surface area (Å²) in [6, 6.07) is 40.2. The molecule has 0 atom stereocenters. The van der Waals surface area contributed by atoms with Crippen LogP contribution in [0.4, 0.5) is 0 Å². The standard InChI is InChI=1S/C49H36B2N6O8S3/c1-29(2)44-41-42(46(56(44)50-62-35-19-6-7-20-36(35)63-50)32(28-52)48-54-33-17-4-10-23-39(33)66-48)45(30-15-14-16-31(27-30)61-25-12-13-26-68(58,59)60)57(51-64-37-21-8-9-22-38(37)65-51)47(41)43(53-3)49-55-34-18-5-11-24-40(34)67-49/h4-11,14-24,27,29H,12-13,25-26H2,1-2H3,(H,58,59,60)/b46-32-,47-43+. The highest BCUT2D eigenvalue weighted by Crippen LogP contribution is 2.41. The van der Waals surface area contributed by atoms with E-state index in [0.29, 0.717) is 83.6 Å².